The number of rotatable bonds is 2. The second-order valence-corrected chi connectivity index (χ2v) is 3.54. The van der Waals surface area contributed by atoms with Crippen LogP contribution in [0.4, 0.5) is 0 Å². The van der Waals surface area contributed by atoms with E-state index in [4.69, 9.17) is 5.11 Å². The van der Waals surface area contributed by atoms with E-state index in [9.17, 15) is 14.7 Å². The summed E-state index contributed by atoms with van der Waals surface area (Å²) in [6.07, 6.45) is 0.361. The van der Waals surface area contributed by atoms with E-state index in [0.29, 0.717) is 12.8 Å². The number of aliphatic hydroxyl groups excluding tert-OH is 1. The van der Waals surface area contributed by atoms with Gasteiger partial charge in [-0.1, -0.05) is 0 Å². The van der Waals surface area contributed by atoms with Crippen molar-refractivity contribution in [2.75, 3.05) is 7.11 Å². The molecule has 0 saturated heterocycles. The van der Waals surface area contributed by atoms with Crippen LogP contribution in [0.3, 0.4) is 0 Å². The zero-order valence-electron chi connectivity index (χ0n) is 7.97. The van der Waals surface area contributed by atoms with E-state index < -0.39 is 29.9 Å². The van der Waals surface area contributed by atoms with E-state index in [1.165, 1.54) is 7.11 Å². The Bertz CT molecular complexity index is 237. The molecule has 1 saturated carbocycles. The highest BCUT2D eigenvalue weighted by molar-refractivity contribution is 5.81. The molecule has 3 atom stereocenters. The Kier molecular flexibility index (Phi) is 3.46. The summed E-state index contributed by atoms with van der Waals surface area (Å²) in [6.45, 7) is 0. The van der Waals surface area contributed by atoms with E-state index in [2.05, 4.69) is 4.74 Å². The van der Waals surface area contributed by atoms with E-state index in [0.717, 1.165) is 0 Å². The number of esters is 1. The maximum absolute atomic E-state index is 11.2. The van der Waals surface area contributed by atoms with Crippen LogP contribution in [0, 0.1) is 11.8 Å². The fourth-order valence-electron chi connectivity index (χ4n) is 1.86. The van der Waals surface area contributed by atoms with Crippen molar-refractivity contribution >= 4 is 11.9 Å². The number of carboxylic acid groups (broad SMARTS) is 1. The van der Waals surface area contributed by atoms with Gasteiger partial charge in [-0.2, -0.15) is 0 Å². The van der Waals surface area contributed by atoms with Crippen LogP contribution >= 0.6 is 0 Å². The first-order chi connectivity index (χ1) is 6.56. The van der Waals surface area contributed by atoms with Crippen LogP contribution in [-0.2, 0) is 14.3 Å². The lowest BCUT2D eigenvalue weighted by molar-refractivity contribution is -0.159. The third-order valence-electron chi connectivity index (χ3n) is 2.64. The largest absolute Gasteiger partial charge is 0.481 e. The Morgan fingerprint density at radius 2 is 1.93 bits per heavy atom. The topological polar surface area (TPSA) is 83.8 Å². The summed E-state index contributed by atoms with van der Waals surface area (Å²) < 4.78 is 4.51. The minimum atomic E-state index is -0.993. The molecule has 0 heterocycles. The highest BCUT2D eigenvalue weighted by Gasteiger charge is 2.39. The van der Waals surface area contributed by atoms with Gasteiger partial charge in [0, 0.05) is 0 Å². The summed E-state index contributed by atoms with van der Waals surface area (Å²) in [5.41, 5.74) is 0. The molecule has 1 aliphatic rings. The number of carbonyl (C=O) groups is 2. The Balaban J connectivity index is 2.73. The summed E-state index contributed by atoms with van der Waals surface area (Å²) in [5, 5.41) is 18.2. The number of carbonyl (C=O) groups excluding carboxylic acids is 1. The van der Waals surface area contributed by atoms with Gasteiger partial charge in [-0.25, -0.2) is 0 Å². The van der Waals surface area contributed by atoms with Crippen molar-refractivity contribution in [2.45, 2.75) is 25.4 Å². The predicted molar refractivity (Wildman–Crippen MR) is 46.5 cm³/mol. The van der Waals surface area contributed by atoms with Crippen LogP contribution in [0.5, 0.6) is 0 Å². The average Bonchev–Trinajstić information content (AvgIpc) is 2.16. The van der Waals surface area contributed by atoms with Gasteiger partial charge in [0.15, 0.2) is 0 Å². The van der Waals surface area contributed by atoms with Gasteiger partial charge in [-0.05, 0) is 19.3 Å². The molecule has 0 aromatic heterocycles. The maximum atomic E-state index is 11.2. The zero-order valence-corrected chi connectivity index (χ0v) is 7.97. The van der Waals surface area contributed by atoms with E-state index in [-0.39, 0.29) is 6.42 Å². The van der Waals surface area contributed by atoms with Gasteiger partial charge in [-0.3, -0.25) is 9.59 Å². The van der Waals surface area contributed by atoms with Crippen molar-refractivity contribution in [2.24, 2.45) is 11.8 Å². The Morgan fingerprint density at radius 1 is 1.29 bits per heavy atom. The molecule has 0 aliphatic heterocycles. The van der Waals surface area contributed by atoms with Crippen LogP contribution in [0.2, 0.25) is 0 Å². The van der Waals surface area contributed by atoms with Crippen LogP contribution in [0.1, 0.15) is 19.3 Å². The molecule has 0 aromatic carbocycles. The molecule has 14 heavy (non-hydrogen) atoms. The Hall–Kier alpha value is -1.10. The standard InChI is InChI=1S/C9H14O5/c1-14-9(13)7-4-5(10)2-3-6(7)8(11)12/h5-7,10H,2-4H2,1H3,(H,11,12). The van der Waals surface area contributed by atoms with Crippen molar-refractivity contribution in [1.82, 2.24) is 0 Å². The molecule has 1 aliphatic carbocycles. The molecule has 2 N–H and O–H groups in total. The normalized spacial score (nSPS) is 32.3. The summed E-state index contributed by atoms with van der Waals surface area (Å²) >= 11 is 0. The molecule has 0 spiro atoms. The number of hydrogen-bond acceptors (Lipinski definition) is 4. The van der Waals surface area contributed by atoms with Crippen molar-refractivity contribution in [3.05, 3.63) is 0 Å². The third kappa shape index (κ3) is 2.23. The molecular formula is C9H14O5. The lowest BCUT2D eigenvalue weighted by Crippen LogP contribution is -2.37. The highest BCUT2D eigenvalue weighted by Crippen LogP contribution is 2.31. The van der Waals surface area contributed by atoms with E-state index in [1.54, 1.807) is 0 Å². The fourth-order valence-corrected chi connectivity index (χ4v) is 1.86. The third-order valence-corrected chi connectivity index (χ3v) is 2.64. The highest BCUT2D eigenvalue weighted by atomic mass is 16.5. The summed E-state index contributed by atoms with van der Waals surface area (Å²) in [4.78, 5) is 22.0. The molecule has 0 radical (unpaired) electrons. The summed E-state index contributed by atoms with van der Waals surface area (Å²) in [6, 6.07) is 0. The number of ether oxygens (including phenoxy) is 1. The molecule has 0 aromatic rings. The molecule has 5 heteroatoms. The molecule has 0 bridgehead atoms. The van der Waals surface area contributed by atoms with E-state index in [1.807, 2.05) is 0 Å². The van der Waals surface area contributed by atoms with Gasteiger partial charge >= 0.3 is 11.9 Å². The smallest absolute Gasteiger partial charge is 0.309 e. The quantitative estimate of drug-likeness (QED) is 0.617. The minimum absolute atomic E-state index is 0.184. The first kappa shape index (κ1) is 11.0. The zero-order chi connectivity index (χ0) is 10.7. The summed E-state index contributed by atoms with van der Waals surface area (Å²) in [5.74, 6) is -2.96. The van der Waals surface area contributed by atoms with Crippen LogP contribution < -0.4 is 0 Å². The molecular weight excluding hydrogens is 188 g/mol. The van der Waals surface area contributed by atoms with Crippen molar-refractivity contribution < 1.29 is 24.5 Å². The lowest BCUT2D eigenvalue weighted by Gasteiger charge is -2.29. The molecule has 1 rings (SSSR count). The van der Waals surface area contributed by atoms with Crippen molar-refractivity contribution in [1.29, 1.82) is 0 Å². The monoisotopic (exact) mass is 202 g/mol. The number of carboxylic acids is 1. The number of hydrogen-bond donors (Lipinski definition) is 2. The van der Waals surface area contributed by atoms with Crippen LogP contribution in [-0.4, -0.2) is 35.4 Å². The SMILES string of the molecule is COC(=O)C1CC(O)CCC1C(=O)O. The van der Waals surface area contributed by atoms with Crippen LogP contribution in [0.15, 0.2) is 0 Å². The second-order valence-electron chi connectivity index (χ2n) is 3.54. The number of aliphatic hydroxyl groups is 1. The Morgan fingerprint density at radius 3 is 2.43 bits per heavy atom. The molecule has 3 unspecified atom stereocenters. The minimum Gasteiger partial charge on any atom is -0.481 e. The first-order valence-corrected chi connectivity index (χ1v) is 4.55. The molecule has 5 nitrogen and oxygen atoms in total. The van der Waals surface area contributed by atoms with Gasteiger partial charge in [0.05, 0.1) is 25.0 Å². The van der Waals surface area contributed by atoms with Gasteiger partial charge < -0.3 is 14.9 Å². The molecule has 0 amide bonds. The number of aliphatic carboxylic acids is 1. The van der Waals surface area contributed by atoms with Gasteiger partial charge in [-0.15, -0.1) is 0 Å². The Labute approximate surface area is 81.7 Å². The lowest BCUT2D eigenvalue weighted by atomic mass is 9.78. The number of methoxy groups -OCH3 is 1. The van der Waals surface area contributed by atoms with Crippen molar-refractivity contribution in [3.63, 3.8) is 0 Å². The molecule has 80 valence electrons. The molecule has 1 fully saturated rings. The van der Waals surface area contributed by atoms with Crippen molar-refractivity contribution in [3.8, 4) is 0 Å². The maximum Gasteiger partial charge on any atom is 0.309 e. The second kappa shape index (κ2) is 4.41. The van der Waals surface area contributed by atoms with Crippen LogP contribution in [0.25, 0.3) is 0 Å². The fraction of sp³-hybridized carbons (Fsp3) is 0.778. The first-order valence-electron chi connectivity index (χ1n) is 4.55. The van der Waals surface area contributed by atoms with Gasteiger partial charge in [0.2, 0.25) is 0 Å². The average molecular weight is 202 g/mol. The van der Waals surface area contributed by atoms with E-state index >= 15 is 0 Å². The van der Waals surface area contributed by atoms with Gasteiger partial charge in [0.1, 0.15) is 0 Å². The summed E-state index contributed by atoms with van der Waals surface area (Å²) in [7, 11) is 1.22. The predicted octanol–water partition coefficient (Wildman–Crippen LogP) is 0.0212. The van der Waals surface area contributed by atoms with Gasteiger partial charge in [0.25, 0.3) is 0 Å².